The zero-order valence-corrected chi connectivity index (χ0v) is 12.6. The largest absolute Gasteiger partial charge is 0.493 e. The molecule has 0 unspecified atom stereocenters. The molecular weight excluding hydrogens is 268 g/mol. The van der Waals surface area contributed by atoms with Crippen molar-refractivity contribution in [2.24, 2.45) is 0 Å². The fraction of sp³-hybridized carbons (Fsp3) is 0.312. The van der Waals surface area contributed by atoms with Gasteiger partial charge in [0, 0.05) is 18.8 Å². The zero-order valence-electron chi connectivity index (χ0n) is 12.6. The van der Waals surface area contributed by atoms with Crippen LogP contribution in [0.2, 0.25) is 0 Å². The Hall–Kier alpha value is -2.27. The summed E-state index contributed by atoms with van der Waals surface area (Å²) in [5.74, 6) is 2.05. The molecule has 0 amide bonds. The van der Waals surface area contributed by atoms with Crippen molar-refractivity contribution in [2.75, 3.05) is 21.3 Å². The molecule has 0 radical (unpaired) electrons. The van der Waals surface area contributed by atoms with Crippen molar-refractivity contribution in [1.29, 1.82) is 0 Å². The molecule has 5 heteroatoms. The lowest BCUT2D eigenvalue weighted by Gasteiger charge is -2.12. The summed E-state index contributed by atoms with van der Waals surface area (Å²) in [4.78, 5) is 4.29. The molecular formula is C16H20N2O3. The standard InChI is InChI=1S/C16H20N2O3/c1-17-10-12-5-4-6-13(9-12)21-11-14-16(20-3)15(19-2)7-8-18-14/h4-9,17H,10-11H2,1-3H3. The molecule has 112 valence electrons. The van der Waals surface area contributed by atoms with Gasteiger partial charge in [-0.3, -0.25) is 4.98 Å². The maximum Gasteiger partial charge on any atom is 0.185 e. The first kappa shape index (κ1) is 15.1. The lowest BCUT2D eigenvalue weighted by atomic mass is 10.2. The van der Waals surface area contributed by atoms with E-state index in [2.05, 4.69) is 10.3 Å². The average molecular weight is 288 g/mol. The van der Waals surface area contributed by atoms with E-state index in [0.29, 0.717) is 23.8 Å². The number of hydrogen-bond donors (Lipinski definition) is 1. The molecule has 0 bridgehead atoms. The molecule has 0 aliphatic carbocycles. The number of nitrogens with zero attached hydrogens (tertiary/aromatic N) is 1. The number of ether oxygens (including phenoxy) is 3. The second-order valence-corrected chi connectivity index (χ2v) is 4.46. The SMILES string of the molecule is CNCc1cccc(OCc2nccc(OC)c2OC)c1. The summed E-state index contributed by atoms with van der Waals surface area (Å²) in [6.45, 7) is 1.13. The van der Waals surface area contributed by atoms with E-state index >= 15 is 0 Å². The van der Waals surface area contributed by atoms with E-state index in [9.17, 15) is 0 Å². The molecule has 2 rings (SSSR count). The summed E-state index contributed by atoms with van der Waals surface area (Å²) in [5.41, 5.74) is 1.87. The van der Waals surface area contributed by atoms with Crippen molar-refractivity contribution in [3.05, 3.63) is 47.8 Å². The molecule has 0 saturated heterocycles. The molecule has 0 aliphatic heterocycles. The van der Waals surface area contributed by atoms with Gasteiger partial charge in [0.05, 0.1) is 14.2 Å². The first-order chi connectivity index (χ1) is 10.3. The number of pyridine rings is 1. The third-order valence-corrected chi connectivity index (χ3v) is 3.02. The quantitative estimate of drug-likeness (QED) is 0.848. The third-order valence-electron chi connectivity index (χ3n) is 3.02. The van der Waals surface area contributed by atoms with Gasteiger partial charge in [0.25, 0.3) is 0 Å². The second-order valence-electron chi connectivity index (χ2n) is 4.46. The summed E-state index contributed by atoms with van der Waals surface area (Å²) in [6.07, 6.45) is 1.68. The van der Waals surface area contributed by atoms with Crippen LogP contribution in [0.25, 0.3) is 0 Å². The minimum Gasteiger partial charge on any atom is -0.493 e. The highest BCUT2D eigenvalue weighted by molar-refractivity contribution is 5.42. The summed E-state index contributed by atoms with van der Waals surface area (Å²) in [7, 11) is 5.11. The van der Waals surface area contributed by atoms with Gasteiger partial charge in [-0.15, -0.1) is 0 Å². The van der Waals surface area contributed by atoms with Gasteiger partial charge >= 0.3 is 0 Å². The molecule has 2 aromatic rings. The minimum atomic E-state index is 0.323. The van der Waals surface area contributed by atoms with E-state index in [1.54, 1.807) is 26.5 Å². The van der Waals surface area contributed by atoms with Crippen LogP contribution in [0.1, 0.15) is 11.3 Å². The molecule has 21 heavy (non-hydrogen) atoms. The maximum atomic E-state index is 5.80. The van der Waals surface area contributed by atoms with E-state index in [1.807, 2.05) is 31.3 Å². The molecule has 0 saturated carbocycles. The van der Waals surface area contributed by atoms with Gasteiger partial charge in [-0.1, -0.05) is 12.1 Å². The van der Waals surface area contributed by atoms with Crippen LogP contribution in [0.4, 0.5) is 0 Å². The number of methoxy groups -OCH3 is 2. The van der Waals surface area contributed by atoms with Crippen molar-refractivity contribution in [3.8, 4) is 17.2 Å². The van der Waals surface area contributed by atoms with Gasteiger partial charge in [0.2, 0.25) is 0 Å². The number of rotatable bonds is 7. The summed E-state index contributed by atoms with van der Waals surface area (Å²) in [6, 6.07) is 9.71. The van der Waals surface area contributed by atoms with Gasteiger partial charge in [0.15, 0.2) is 11.5 Å². The summed E-state index contributed by atoms with van der Waals surface area (Å²) < 4.78 is 16.4. The summed E-state index contributed by atoms with van der Waals surface area (Å²) in [5, 5.41) is 3.11. The van der Waals surface area contributed by atoms with Gasteiger partial charge in [0.1, 0.15) is 18.1 Å². The Kier molecular flexibility index (Phi) is 5.40. The molecule has 1 aromatic heterocycles. The van der Waals surface area contributed by atoms with Crippen molar-refractivity contribution < 1.29 is 14.2 Å². The lowest BCUT2D eigenvalue weighted by molar-refractivity contribution is 0.284. The van der Waals surface area contributed by atoms with E-state index in [4.69, 9.17) is 14.2 Å². The molecule has 0 atom stereocenters. The van der Waals surface area contributed by atoms with Crippen LogP contribution in [0.5, 0.6) is 17.2 Å². The minimum absolute atomic E-state index is 0.323. The van der Waals surface area contributed by atoms with E-state index in [0.717, 1.165) is 12.3 Å². The molecule has 5 nitrogen and oxygen atoms in total. The van der Waals surface area contributed by atoms with Crippen LogP contribution in [0.3, 0.4) is 0 Å². The Morgan fingerprint density at radius 2 is 2.00 bits per heavy atom. The average Bonchev–Trinajstić information content (AvgIpc) is 2.53. The Balaban J connectivity index is 2.11. The van der Waals surface area contributed by atoms with Crippen molar-refractivity contribution >= 4 is 0 Å². The topological polar surface area (TPSA) is 52.6 Å². The Morgan fingerprint density at radius 3 is 2.71 bits per heavy atom. The number of hydrogen-bond acceptors (Lipinski definition) is 5. The second kappa shape index (κ2) is 7.50. The fourth-order valence-corrected chi connectivity index (χ4v) is 2.05. The van der Waals surface area contributed by atoms with E-state index in [1.165, 1.54) is 5.56 Å². The molecule has 0 aliphatic rings. The first-order valence-corrected chi connectivity index (χ1v) is 6.70. The zero-order chi connectivity index (χ0) is 15.1. The van der Waals surface area contributed by atoms with Gasteiger partial charge in [-0.2, -0.15) is 0 Å². The monoisotopic (exact) mass is 288 g/mol. The Morgan fingerprint density at radius 1 is 1.14 bits per heavy atom. The molecule has 1 heterocycles. The smallest absolute Gasteiger partial charge is 0.185 e. The van der Waals surface area contributed by atoms with Gasteiger partial charge < -0.3 is 19.5 Å². The maximum absolute atomic E-state index is 5.80. The highest BCUT2D eigenvalue weighted by atomic mass is 16.5. The highest BCUT2D eigenvalue weighted by Crippen LogP contribution is 2.29. The third kappa shape index (κ3) is 3.86. The Bertz CT molecular complexity index is 587. The first-order valence-electron chi connectivity index (χ1n) is 6.70. The van der Waals surface area contributed by atoms with Crippen LogP contribution >= 0.6 is 0 Å². The number of aromatic nitrogens is 1. The Labute approximate surface area is 124 Å². The number of benzene rings is 1. The van der Waals surface area contributed by atoms with Gasteiger partial charge in [-0.25, -0.2) is 0 Å². The van der Waals surface area contributed by atoms with Crippen molar-refractivity contribution in [2.45, 2.75) is 13.2 Å². The predicted octanol–water partition coefficient (Wildman–Crippen LogP) is 2.40. The van der Waals surface area contributed by atoms with E-state index in [-0.39, 0.29) is 0 Å². The lowest BCUT2D eigenvalue weighted by Crippen LogP contribution is -2.06. The van der Waals surface area contributed by atoms with E-state index < -0.39 is 0 Å². The normalized spacial score (nSPS) is 10.2. The van der Waals surface area contributed by atoms with Gasteiger partial charge in [-0.05, 0) is 24.7 Å². The van der Waals surface area contributed by atoms with Crippen LogP contribution < -0.4 is 19.5 Å². The van der Waals surface area contributed by atoms with Crippen molar-refractivity contribution in [1.82, 2.24) is 10.3 Å². The van der Waals surface area contributed by atoms with Crippen LogP contribution in [0.15, 0.2) is 36.5 Å². The predicted molar refractivity (Wildman–Crippen MR) is 80.9 cm³/mol. The molecule has 1 aromatic carbocycles. The molecule has 0 spiro atoms. The number of nitrogens with one attached hydrogen (secondary N) is 1. The highest BCUT2D eigenvalue weighted by Gasteiger charge is 2.11. The van der Waals surface area contributed by atoms with Crippen LogP contribution in [-0.2, 0) is 13.2 Å². The summed E-state index contributed by atoms with van der Waals surface area (Å²) >= 11 is 0. The van der Waals surface area contributed by atoms with Crippen LogP contribution in [-0.4, -0.2) is 26.3 Å². The molecule has 1 N–H and O–H groups in total. The van der Waals surface area contributed by atoms with Crippen molar-refractivity contribution in [3.63, 3.8) is 0 Å². The molecule has 0 fully saturated rings. The van der Waals surface area contributed by atoms with Crippen LogP contribution in [0, 0.1) is 0 Å². The fourth-order valence-electron chi connectivity index (χ4n) is 2.05.